The Labute approximate surface area is 203 Å². The van der Waals surface area contributed by atoms with E-state index in [0.29, 0.717) is 16.8 Å². The van der Waals surface area contributed by atoms with Crippen molar-refractivity contribution >= 4 is 29.0 Å². The summed E-state index contributed by atoms with van der Waals surface area (Å²) < 4.78 is 49.3. The van der Waals surface area contributed by atoms with Crippen molar-refractivity contribution in [1.29, 1.82) is 5.26 Å². The van der Waals surface area contributed by atoms with Crippen LogP contribution in [0, 0.1) is 18.3 Å². The lowest BCUT2D eigenvalue weighted by atomic mass is 9.92. The molecule has 10 heteroatoms. The van der Waals surface area contributed by atoms with Gasteiger partial charge in [0.15, 0.2) is 11.9 Å². The Bertz CT molecular complexity index is 1240. The number of benzene rings is 2. The quantitative estimate of drug-likeness (QED) is 0.338. The van der Waals surface area contributed by atoms with Gasteiger partial charge in [-0.15, -0.1) is 0 Å². The number of nitriles is 1. The summed E-state index contributed by atoms with van der Waals surface area (Å²) in [6.45, 7) is 3.30. The van der Waals surface area contributed by atoms with Crippen molar-refractivity contribution in [3.8, 4) is 23.4 Å². The van der Waals surface area contributed by atoms with E-state index in [2.05, 4.69) is 4.98 Å². The van der Waals surface area contributed by atoms with Crippen LogP contribution < -0.4 is 9.47 Å². The molecule has 0 aliphatic rings. The van der Waals surface area contributed by atoms with E-state index in [1.165, 1.54) is 25.1 Å². The molecule has 1 aromatic heterocycles. The predicted octanol–water partition coefficient (Wildman–Crippen LogP) is 7.15. The van der Waals surface area contributed by atoms with E-state index in [1.807, 2.05) is 13.0 Å². The van der Waals surface area contributed by atoms with Gasteiger partial charge in [0.05, 0.1) is 16.7 Å². The number of hydrogen-bond donors (Lipinski definition) is 0. The van der Waals surface area contributed by atoms with Gasteiger partial charge < -0.3 is 9.47 Å². The van der Waals surface area contributed by atoms with Gasteiger partial charge >= 0.3 is 6.18 Å². The first-order valence-corrected chi connectivity index (χ1v) is 10.6. The highest BCUT2D eigenvalue weighted by Gasteiger charge is 2.31. The third-order valence-corrected chi connectivity index (χ3v) is 5.41. The predicted molar refractivity (Wildman–Crippen MR) is 120 cm³/mol. The monoisotopic (exact) mass is 508 g/mol. The summed E-state index contributed by atoms with van der Waals surface area (Å²) in [4.78, 5) is 16.6. The fourth-order valence-corrected chi connectivity index (χ4v) is 3.51. The molecule has 2 atom stereocenters. The van der Waals surface area contributed by atoms with Crippen LogP contribution in [0.5, 0.6) is 17.4 Å². The lowest BCUT2D eigenvalue weighted by molar-refractivity contribution is -0.137. The molecular weight excluding hydrogens is 492 g/mol. The van der Waals surface area contributed by atoms with Crippen LogP contribution in [0.15, 0.2) is 54.7 Å². The molecule has 0 aliphatic heterocycles. The third-order valence-electron chi connectivity index (χ3n) is 4.77. The molecule has 0 aliphatic carbocycles. The van der Waals surface area contributed by atoms with Crippen molar-refractivity contribution in [2.24, 2.45) is 0 Å². The van der Waals surface area contributed by atoms with E-state index in [1.54, 1.807) is 18.2 Å². The second kappa shape index (κ2) is 10.3. The smallest absolute Gasteiger partial charge is 0.417 e. The van der Waals surface area contributed by atoms with Gasteiger partial charge in [-0.1, -0.05) is 35.3 Å². The number of nitrogens with zero attached hydrogens (tertiary/aromatic N) is 2. The maximum absolute atomic E-state index is 12.9. The molecule has 5 nitrogen and oxygen atoms in total. The normalized spacial score (nSPS) is 13.0. The van der Waals surface area contributed by atoms with E-state index in [4.69, 9.17) is 32.7 Å². The first-order chi connectivity index (χ1) is 16.0. The number of ketones is 1. The Morgan fingerprint density at radius 3 is 2.41 bits per heavy atom. The lowest BCUT2D eigenvalue weighted by Crippen LogP contribution is -2.29. The van der Waals surface area contributed by atoms with Crippen molar-refractivity contribution < 1.29 is 27.4 Å². The molecule has 0 saturated heterocycles. The highest BCUT2D eigenvalue weighted by Crippen LogP contribution is 2.34. The van der Waals surface area contributed by atoms with E-state index in [-0.39, 0.29) is 22.4 Å². The van der Waals surface area contributed by atoms with E-state index >= 15 is 0 Å². The number of carbonyl (C=O) groups is 1. The van der Waals surface area contributed by atoms with Gasteiger partial charge in [0.1, 0.15) is 17.4 Å². The number of Topliss-reactive ketones (excluding diaryl/α,β-unsaturated/α-hetero) is 1. The number of halogens is 5. The standard InChI is InChI=1S/C24H17Cl2F3N2O3/c1-13-3-6-17(20(26)9-13)18(11-30)23(32)14(2)33-21-10-16(5-7-19(21)25)34-22-8-4-15(12-31-22)24(27,28)29/h3-10,12,14,18H,1-2H3. The second-order valence-electron chi connectivity index (χ2n) is 7.33. The molecule has 2 aromatic carbocycles. The first-order valence-electron chi connectivity index (χ1n) is 9.86. The van der Waals surface area contributed by atoms with Crippen molar-refractivity contribution in [1.82, 2.24) is 4.98 Å². The number of ether oxygens (including phenoxy) is 2. The van der Waals surface area contributed by atoms with Gasteiger partial charge in [-0.25, -0.2) is 4.98 Å². The number of alkyl halides is 3. The van der Waals surface area contributed by atoms with Crippen molar-refractivity contribution in [3.05, 3.63) is 81.5 Å². The summed E-state index contributed by atoms with van der Waals surface area (Å²) in [5.41, 5.74) is 0.341. The van der Waals surface area contributed by atoms with Crippen LogP contribution in [-0.2, 0) is 11.0 Å². The topological polar surface area (TPSA) is 72.2 Å². The van der Waals surface area contributed by atoms with Gasteiger partial charge in [-0.2, -0.15) is 18.4 Å². The van der Waals surface area contributed by atoms with Gasteiger partial charge in [0.25, 0.3) is 0 Å². The fraction of sp³-hybridized carbons (Fsp3) is 0.208. The summed E-state index contributed by atoms with van der Waals surface area (Å²) in [7, 11) is 0. The van der Waals surface area contributed by atoms with Crippen LogP contribution in [0.25, 0.3) is 0 Å². The number of pyridine rings is 1. The maximum atomic E-state index is 12.9. The molecule has 1 heterocycles. The summed E-state index contributed by atoms with van der Waals surface area (Å²) in [6.07, 6.45) is -4.93. The average molecular weight is 509 g/mol. The average Bonchev–Trinajstić information content (AvgIpc) is 2.77. The van der Waals surface area contributed by atoms with E-state index in [9.17, 15) is 23.2 Å². The molecule has 0 N–H and O–H groups in total. The SMILES string of the molecule is Cc1ccc(C(C#N)C(=O)C(C)Oc2cc(Oc3ccc(C(F)(F)F)cn3)ccc2Cl)c(Cl)c1. The molecule has 2 unspecified atom stereocenters. The molecule has 34 heavy (non-hydrogen) atoms. The molecule has 0 spiro atoms. The highest BCUT2D eigenvalue weighted by molar-refractivity contribution is 6.32. The molecule has 0 fully saturated rings. The number of rotatable bonds is 7. The van der Waals surface area contributed by atoms with Crippen LogP contribution in [0.3, 0.4) is 0 Å². The molecule has 3 rings (SSSR count). The van der Waals surface area contributed by atoms with E-state index < -0.39 is 29.5 Å². The van der Waals surface area contributed by atoms with Gasteiger partial charge in [-0.3, -0.25) is 4.79 Å². The molecule has 0 radical (unpaired) electrons. The minimum Gasteiger partial charge on any atom is -0.481 e. The Hall–Kier alpha value is -3.28. The molecule has 0 bridgehead atoms. The van der Waals surface area contributed by atoms with Crippen molar-refractivity contribution in [3.63, 3.8) is 0 Å². The van der Waals surface area contributed by atoms with Crippen molar-refractivity contribution in [2.45, 2.75) is 32.0 Å². The summed E-state index contributed by atoms with van der Waals surface area (Å²) in [5.74, 6) is -1.51. The van der Waals surface area contributed by atoms with Crippen LogP contribution in [0.4, 0.5) is 13.2 Å². The summed E-state index contributed by atoms with van der Waals surface area (Å²) in [5, 5.41) is 10.0. The first kappa shape index (κ1) is 25.3. The van der Waals surface area contributed by atoms with Crippen LogP contribution >= 0.6 is 23.2 Å². The molecule has 0 amide bonds. The zero-order valence-corrected chi connectivity index (χ0v) is 19.4. The minimum absolute atomic E-state index is 0.0797. The van der Waals surface area contributed by atoms with Crippen molar-refractivity contribution in [2.75, 3.05) is 0 Å². The number of carbonyl (C=O) groups excluding carboxylic acids is 1. The molecule has 0 saturated carbocycles. The zero-order chi connectivity index (χ0) is 25.0. The Morgan fingerprint density at radius 2 is 1.82 bits per heavy atom. The second-order valence-corrected chi connectivity index (χ2v) is 8.14. The molecular formula is C24H17Cl2F3N2O3. The zero-order valence-electron chi connectivity index (χ0n) is 17.9. The van der Waals surface area contributed by atoms with Gasteiger partial charge in [-0.05, 0) is 49.2 Å². The maximum Gasteiger partial charge on any atom is 0.417 e. The lowest BCUT2D eigenvalue weighted by Gasteiger charge is -2.19. The minimum atomic E-state index is -4.51. The van der Waals surface area contributed by atoms with Crippen LogP contribution in [0.2, 0.25) is 10.0 Å². The number of aryl methyl sites for hydroxylation is 1. The molecule has 176 valence electrons. The Kier molecular flexibility index (Phi) is 7.70. The van der Waals surface area contributed by atoms with Gasteiger partial charge in [0.2, 0.25) is 5.88 Å². The summed E-state index contributed by atoms with van der Waals surface area (Å²) in [6, 6.07) is 13.2. The van der Waals surface area contributed by atoms with Crippen LogP contribution in [-0.4, -0.2) is 16.9 Å². The van der Waals surface area contributed by atoms with Crippen LogP contribution in [0.1, 0.15) is 29.5 Å². The highest BCUT2D eigenvalue weighted by atomic mass is 35.5. The number of hydrogen-bond acceptors (Lipinski definition) is 5. The largest absolute Gasteiger partial charge is 0.481 e. The molecule has 3 aromatic rings. The van der Waals surface area contributed by atoms with Gasteiger partial charge in [0, 0.05) is 23.4 Å². The fourth-order valence-electron chi connectivity index (χ4n) is 3.00. The third kappa shape index (κ3) is 5.99. The number of aromatic nitrogens is 1. The Balaban J connectivity index is 1.76. The van der Waals surface area contributed by atoms with E-state index in [0.717, 1.165) is 17.7 Å². The Morgan fingerprint density at radius 1 is 1.09 bits per heavy atom. The summed E-state index contributed by atoms with van der Waals surface area (Å²) >= 11 is 12.4.